The second kappa shape index (κ2) is 10.8. The molecule has 1 heterocycles. The minimum atomic E-state index is 0.246. The maximum Gasteiger partial charge on any atom is 0.164 e. The molecule has 1 aromatic carbocycles. The van der Waals surface area contributed by atoms with Crippen LogP contribution in [-0.2, 0) is 4.74 Å². The average Bonchev–Trinajstić information content (AvgIpc) is 2.61. The Morgan fingerprint density at radius 3 is 2.57 bits per heavy atom. The summed E-state index contributed by atoms with van der Waals surface area (Å²) in [5.41, 5.74) is 0.841. The molecule has 2 rings (SSSR count). The summed E-state index contributed by atoms with van der Waals surface area (Å²) in [6.45, 7) is 6.55. The van der Waals surface area contributed by atoms with Crippen LogP contribution in [-0.4, -0.2) is 49.3 Å². The Morgan fingerprint density at radius 1 is 1.13 bits per heavy atom. The topological polar surface area (TPSA) is 29.5 Å². The van der Waals surface area contributed by atoms with Crippen molar-refractivity contribution in [1.29, 1.82) is 0 Å². The predicted octanol–water partition coefficient (Wildman–Crippen LogP) is 4.26. The quantitative estimate of drug-likeness (QED) is 0.363. The molecule has 1 aliphatic heterocycles. The fourth-order valence-corrected chi connectivity index (χ4v) is 3.60. The Kier molecular flexibility index (Phi) is 8.72. The van der Waals surface area contributed by atoms with Crippen LogP contribution in [0.4, 0.5) is 0 Å². The Hall–Kier alpha value is -0.840. The summed E-state index contributed by atoms with van der Waals surface area (Å²) in [5.74, 6) is 1.42. The molecule has 0 aromatic heterocycles. The molecule has 0 unspecified atom stereocenters. The molecule has 4 heteroatoms. The summed E-state index contributed by atoms with van der Waals surface area (Å²) < 4.78 is 5.33. The van der Waals surface area contributed by atoms with Crippen molar-refractivity contribution < 1.29 is 9.53 Å². The zero-order chi connectivity index (χ0) is 16.3. The second-order valence-corrected chi connectivity index (χ2v) is 7.23. The van der Waals surface area contributed by atoms with Gasteiger partial charge in [-0.25, -0.2) is 0 Å². The molecule has 0 saturated carbocycles. The van der Waals surface area contributed by atoms with Gasteiger partial charge in [-0.3, -0.25) is 9.69 Å². The maximum atomic E-state index is 12.3. The number of rotatable bonds is 10. The highest BCUT2D eigenvalue weighted by molar-refractivity contribution is 7.99. The molecule has 0 atom stereocenters. The largest absolute Gasteiger partial charge is 0.379 e. The SMILES string of the molecule is CCCCCCSc1ccc(C(=O)CCN2CCOCC2)cc1. The summed E-state index contributed by atoms with van der Waals surface area (Å²) in [6, 6.07) is 8.14. The number of Topliss-reactive ketones (excluding diaryl/α,β-unsaturated/α-hetero) is 1. The smallest absolute Gasteiger partial charge is 0.164 e. The third-order valence-electron chi connectivity index (χ3n) is 4.20. The van der Waals surface area contributed by atoms with Gasteiger partial charge in [0.05, 0.1) is 13.2 Å². The third kappa shape index (κ3) is 7.06. The number of benzene rings is 1. The second-order valence-electron chi connectivity index (χ2n) is 6.06. The maximum absolute atomic E-state index is 12.3. The molecule has 1 fully saturated rings. The molecule has 1 aromatic rings. The van der Waals surface area contributed by atoms with Crippen LogP contribution in [0.1, 0.15) is 49.4 Å². The van der Waals surface area contributed by atoms with Crippen molar-refractivity contribution in [3.63, 3.8) is 0 Å². The minimum Gasteiger partial charge on any atom is -0.379 e. The van der Waals surface area contributed by atoms with Crippen LogP contribution in [0.3, 0.4) is 0 Å². The zero-order valence-electron chi connectivity index (χ0n) is 14.3. The first-order chi connectivity index (χ1) is 11.3. The van der Waals surface area contributed by atoms with Crippen molar-refractivity contribution in [2.45, 2.75) is 43.9 Å². The number of hydrogen-bond donors (Lipinski definition) is 0. The van der Waals surface area contributed by atoms with Crippen molar-refractivity contribution >= 4 is 17.5 Å². The molecule has 0 radical (unpaired) electrons. The highest BCUT2D eigenvalue weighted by Crippen LogP contribution is 2.21. The van der Waals surface area contributed by atoms with Gasteiger partial charge in [0.2, 0.25) is 0 Å². The van der Waals surface area contributed by atoms with Gasteiger partial charge in [0.15, 0.2) is 5.78 Å². The summed E-state index contributed by atoms with van der Waals surface area (Å²) >= 11 is 1.89. The van der Waals surface area contributed by atoms with Crippen LogP contribution >= 0.6 is 11.8 Å². The monoisotopic (exact) mass is 335 g/mol. The van der Waals surface area contributed by atoms with E-state index in [1.165, 1.54) is 36.3 Å². The van der Waals surface area contributed by atoms with Gasteiger partial charge in [-0.05, 0) is 24.3 Å². The number of ketones is 1. The van der Waals surface area contributed by atoms with Crippen molar-refractivity contribution in [3.05, 3.63) is 29.8 Å². The lowest BCUT2D eigenvalue weighted by Gasteiger charge is -2.26. The van der Waals surface area contributed by atoms with Crippen LogP contribution in [0.25, 0.3) is 0 Å². The van der Waals surface area contributed by atoms with E-state index in [-0.39, 0.29) is 5.78 Å². The Bertz CT molecular complexity index is 455. The number of thioether (sulfide) groups is 1. The molecule has 128 valence electrons. The van der Waals surface area contributed by atoms with Gasteiger partial charge in [0, 0.05) is 36.5 Å². The lowest BCUT2D eigenvalue weighted by Crippen LogP contribution is -2.37. The van der Waals surface area contributed by atoms with Crippen LogP contribution in [0.2, 0.25) is 0 Å². The van der Waals surface area contributed by atoms with Crippen molar-refractivity contribution in [2.24, 2.45) is 0 Å². The van der Waals surface area contributed by atoms with Gasteiger partial charge in [-0.15, -0.1) is 11.8 Å². The van der Waals surface area contributed by atoms with Crippen LogP contribution < -0.4 is 0 Å². The van der Waals surface area contributed by atoms with E-state index in [2.05, 4.69) is 24.0 Å². The Labute approximate surface area is 144 Å². The molecule has 0 amide bonds. The van der Waals surface area contributed by atoms with Gasteiger partial charge in [-0.2, -0.15) is 0 Å². The van der Waals surface area contributed by atoms with E-state index < -0.39 is 0 Å². The third-order valence-corrected chi connectivity index (χ3v) is 5.30. The number of unbranched alkanes of at least 4 members (excludes halogenated alkanes) is 3. The van der Waals surface area contributed by atoms with Gasteiger partial charge in [0.1, 0.15) is 0 Å². The Balaban J connectivity index is 1.69. The van der Waals surface area contributed by atoms with Crippen LogP contribution in [0.5, 0.6) is 0 Å². The Morgan fingerprint density at radius 2 is 1.87 bits per heavy atom. The number of morpholine rings is 1. The number of carbonyl (C=O) groups excluding carboxylic acids is 1. The van der Waals surface area contributed by atoms with Crippen molar-refractivity contribution in [3.8, 4) is 0 Å². The standard InChI is InChI=1S/C19H29NO2S/c1-2-3-4-5-16-23-18-8-6-17(7-9-18)19(21)10-11-20-12-14-22-15-13-20/h6-9H,2-5,10-16H2,1H3. The number of nitrogens with zero attached hydrogens (tertiary/aromatic N) is 1. The van der Waals surface area contributed by atoms with E-state index in [1.54, 1.807) is 0 Å². The molecule has 0 aliphatic carbocycles. The highest BCUT2D eigenvalue weighted by atomic mass is 32.2. The van der Waals surface area contributed by atoms with Crippen LogP contribution in [0, 0.1) is 0 Å². The van der Waals surface area contributed by atoms with E-state index in [0.29, 0.717) is 6.42 Å². The fourth-order valence-electron chi connectivity index (χ4n) is 2.68. The van der Waals surface area contributed by atoms with E-state index in [4.69, 9.17) is 4.74 Å². The first kappa shape index (κ1) is 18.5. The number of ether oxygens (including phenoxy) is 1. The van der Waals surface area contributed by atoms with Crippen LogP contribution in [0.15, 0.2) is 29.2 Å². The molecule has 3 nitrogen and oxygen atoms in total. The summed E-state index contributed by atoms with van der Waals surface area (Å²) in [6.07, 6.45) is 5.81. The number of hydrogen-bond acceptors (Lipinski definition) is 4. The van der Waals surface area contributed by atoms with E-state index in [9.17, 15) is 4.79 Å². The summed E-state index contributed by atoms with van der Waals surface area (Å²) in [7, 11) is 0. The first-order valence-corrected chi connectivity index (χ1v) is 9.84. The minimum absolute atomic E-state index is 0.246. The average molecular weight is 336 g/mol. The zero-order valence-corrected chi connectivity index (χ0v) is 15.1. The lowest BCUT2D eigenvalue weighted by atomic mass is 10.1. The van der Waals surface area contributed by atoms with E-state index in [1.807, 2.05) is 23.9 Å². The van der Waals surface area contributed by atoms with Gasteiger partial charge in [0.25, 0.3) is 0 Å². The summed E-state index contributed by atoms with van der Waals surface area (Å²) in [4.78, 5) is 15.8. The van der Waals surface area contributed by atoms with Gasteiger partial charge in [-0.1, -0.05) is 38.3 Å². The van der Waals surface area contributed by atoms with Gasteiger partial charge < -0.3 is 4.74 Å². The lowest BCUT2D eigenvalue weighted by molar-refractivity contribution is 0.0370. The molecular formula is C19H29NO2S. The number of carbonyl (C=O) groups is 1. The van der Waals surface area contributed by atoms with E-state index >= 15 is 0 Å². The molecule has 23 heavy (non-hydrogen) atoms. The fraction of sp³-hybridized carbons (Fsp3) is 0.632. The normalized spacial score (nSPS) is 15.7. The predicted molar refractivity (Wildman–Crippen MR) is 97.5 cm³/mol. The summed E-state index contributed by atoms with van der Waals surface area (Å²) in [5, 5.41) is 0. The van der Waals surface area contributed by atoms with Crippen molar-refractivity contribution in [2.75, 3.05) is 38.6 Å². The molecule has 1 saturated heterocycles. The molecular weight excluding hydrogens is 306 g/mol. The molecule has 1 aliphatic rings. The van der Waals surface area contributed by atoms with E-state index in [0.717, 1.165) is 38.4 Å². The molecule has 0 spiro atoms. The first-order valence-electron chi connectivity index (χ1n) is 8.85. The molecule has 0 bridgehead atoms. The molecule has 0 N–H and O–H groups in total. The highest BCUT2D eigenvalue weighted by Gasteiger charge is 2.13. The van der Waals surface area contributed by atoms with Crippen molar-refractivity contribution in [1.82, 2.24) is 4.90 Å². The van der Waals surface area contributed by atoms with Gasteiger partial charge >= 0.3 is 0 Å².